The van der Waals surface area contributed by atoms with Gasteiger partial charge in [0.25, 0.3) is 11.8 Å². The molecule has 38 heavy (non-hydrogen) atoms. The summed E-state index contributed by atoms with van der Waals surface area (Å²) in [5.41, 5.74) is 3.98. The first-order chi connectivity index (χ1) is 18.0. The minimum Gasteiger partial charge on any atom is -0.378 e. The molecule has 0 radical (unpaired) electrons. The first-order valence-corrected chi connectivity index (χ1v) is 13.3. The summed E-state index contributed by atoms with van der Waals surface area (Å²) in [6, 6.07) is 11.1. The van der Waals surface area contributed by atoms with Crippen molar-refractivity contribution in [1.29, 1.82) is 0 Å². The SMILES string of the molecule is Cc1cc(C)cc(C(=O)N2CC(=O)C3C2CCN3C(=O)[C@H](CC(C)C)NC(=O)c2ccc(N(C)C)cc2)c1. The Hall–Kier alpha value is -3.68. The van der Waals surface area contributed by atoms with Gasteiger partial charge in [-0.1, -0.05) is 31.0 Å². The van der Waals surface area contributed by atoms with Crippen LogP contribution in [0.25, 0.3) is 0 Å². The van der Waals surface area contributed by atoms with Crippen LogP contribution in [0.1, 0.15) is 58.5 Å². The number of carbonyl (C=O) groups excluding carboxylic acids is 4. The summed E-state index contributed by atoms with van der Waals surface area (Å²) in [5.74, 6) is -0.749. The van der Waals surface area contributed by atoms with Gasteiger partial charge in [-0.15, -0.1) is 0 Å². The highest BCUT2D eigenvalue weighted by Crippen LogP contribution is 2.32. The second kappa shape index (κ2) is 11.0. The molecule has 0 aromatic heterocycles. The second-order valence-electron chi connectivity index (χ2n) is 11.2. The maximum Gasteiger partial charge on any atom is 0.254 e. The predicted molar refractivity (Wildman–Crippen MR) is 147 cm³/mol. The van der Waals surface area contributed by atoms with Gasteiger partial charge in [-0.05, 0) is 69.0 Å². The lowest BCUT2D eigenvalue weighted by molar-refractivity contribution is -0.138. The van der Waals surface area contributed by atoms with Gasteiger partial charge >= 0.3 is 0 Å². The van der Waals surface area contributed by atoms with Crippen molar-refractivity contribution in [1.82, 2.24) is 15.1 Å². The fraction of sp³-hybridized carbons (Fsp3) is 0.467. The monoisotopic (exact) mass is 518 g/mol. The van der Waals surface area contributed by atoms with Gasteiger partial charge in [0, 0.05) is 37.5 Å². The average molecular weight is 519 g/mol. The quantitative estimate of drug-likeness (QED) is 0.608. The largest absolute Gasteiger partial charge is 0.378 e. The molecule has 2 aromatic carbocycles. The summed E-state index contributed by atoms with van der Waals surface area (Å²) in [4.78, 5) is 58.5. The number of nitrogens with one attached hydrogen (secondary N) is 1. The summed E-state index contributed by atoms with van der Waals surface area (Å²) in [6.45, 7) is 8.24. The van der Waals surface area contributed by atoms with E-state index >= 15 is 0 Å². The van der Waals surface area contributed by atoms with E-state index in [1.54, 1.807) is 21.9 Å². The normalized spacial score (nSPS) is 19.5. The van der Waals surface area contributed by atoms with Crippen molar-refractivity contribution in [3.05, 3.63) is 64.7 Å². The third-order valence-corrected chi connectivity index (χ3v) is 7.39. The molecule has 0 saturated carbocycles. The van der Waals surface area contributed by atoms with E-state index in [1.807, 2.05) is 77.0 Å². The number of hydrogen-bond donors (Lipinski definition) is 1. The molecule has 2 aromatic rings. The first-order valence-electron chi connectivity index (χ1n) is 13.3. The maximum absolute atomic E-state index is 13.8. The Labute approximate surface area is 225 Å². The van der Waals surface area contributed by atoms with Gasteiger partial charge in [-0.3, -0.25) is 19.2 Å². The minimum atomic E-state index is -0.758. The Balaban J connectivity index is 1.51. The molecule has 4 rings (SSSR count). The van der Waals surface area contributed by atoms with Crippen LogP contribution < -0.4 is 10.2 Å². The molecule has 2 unspecified atom stereocenters. The van der Waals surface area contributed by atoms with Gasteiger partial charge in [0.15, 0.2) is 5.78 Å². The molecular weight excluding hydrogens is 480 g/mol. The Morgan fingerprint density at radius 2 is 1.61 bits per heavy atom. The van der Waals surface area contributed by atoms with Crippen LogP contribution in [0, 0.1) is 19.8 Å². The smallest absolute Gasteiger partial charge is 0.254 e. The number of anilines is 1. The number of fused-ring (bicyclic) bond motifs is 1. The van der Waals surface area contributed by atoms with E-state index in [2.05, 4.69) is 5.32 Å². The van der Waals surface area contributed by atoms with Gasteiger partial charge in [-0.2, -0.15) is 0 Å². The Morgan fingerprint density at radius 1 is 0.974 bits per heavy atom. The molecule has 0 aliphatic carbocycles. The van der Waals surface area contributed by atoms with Gasteiger partial charge in [0.05, 0.1) is 12.6 Å². The third kappa shape index (κ3) is 5.59. The Bertz CT molecular complexity index is 1220. The summed E-state index contributed by atoms with van der Waals surface area (Å²) in [5, 5.41) is 2.92. The molecule has 3 amide bonds. The minimum absolute atomic E-state index is 0.00956. The Morgan fingerprint density at radius 3 is 2.18 bits per heavy atom. The van der Waals surface area contributed by atoms with Crippen LogP contribution in [0.5, 0.6) is 0 Å². The van der Waals surface area contributed by atoms with Crippen molar-refractivity contribution in [3.63, 3.8) is 0 Å². The van der Waals surface area contributed by atoms with Crippen molar-refractivity contribution in [2.24, 2.45) is 5.92 Å². The van der Waals surface area contributed by atoms with Crippen molar-refractivity contribution < 1.29 is 19.2 Å². The van der Waals surface area contributed by atoms with E-state index in [9.17, 15) is 19.2 Å². The van der Waals surface area contributed by atoms with Crippen LogP contribution in [0.4, 0.5) is 5.69 Å². The number of carbonyl (C=O) groups is 4. The molecule has 3 atom stereocenters. The molecule has 1 N–H and O–H groups in total. The van der Waals surface area contributed by atoms with E-state index in [0.717, 1.165) is 16.8 Å². The zero-order valence-corrected chi connectivity index (χ0v) is 23.2. The van der Waals surface area contributed by atoms with Crippen LogP contribution in [0.2, 0.25) is 0 Å². The molecule has 2 fully saturated rings. The second-order valence-corrected chi connectivity index (χ2v) is 11.2. The standard InChI is InChI=1S/C30H38N4O4/c1-18(2)13-24(31-28(36)21-7-9-23(10-8-21)32(5)6)30(38)33-12-11-25-27(33)26(35)17-34(25)29(37)22-15-19(3)14-20(4)16-22/h7-10,14-16,18,24-25,27H,11-13,17H2,1-6H3,(H,31,36)/t24-,25?,27?/m0/s1. The molecule has 2 aliphatic heterocycles. The lowest BCUT2D eigenvalue weighted by Crippen LogP contribution is -2.53. The maximum atomic E-state index is 13.8. The number of rotatable bonds is 7. The van der Waals surface area contributed by atoms with Crippen LogP contribution >= 0.6 is 0 Å². The molecular formula is C30H38N4O4. The number of hydrogen-bond acceptors (Lipinski definition) is 5. The first kappa shape index (κ1) is 27.4. The van der Waals surface area contributed by atoms with Crippen molar-refractivity contribution in [2.45, 2.75) is 58.7 Å². The van der Waals surface area contributed by atoms with Gasteiger partial charge in [0.2, 0.25) is 5.91 Å². The molecule has 2 aliphatic rings. The van der Waals surface area contributed by atoms with Crippen LogP contribution in [0.15, 0.2) is 42.5 Å². The van der Waals surface area contributed by atoms with Crippen molar-refractivity contribution in [3.8, 4) is 0 Å². The highest BCUT2D eigenvalue weighted by molar-refractivity contribution is 6.03. The topological polar surface area (TPSA) is 90.0 Å². The third-order valence-electron chi connectivity index (χ3n) is 7.39. The van der Waals surface area contributed by atoms with Crippen LogP contribution in [-0.4, -0.2) is 78.6 Å². The van der Waals surface area contributed by atoms with E-state index in [0.29, 0.717) is 30.5 Å². The molecule has 8 nitrogen and oxygen atoms in total. The average Bonchev–Trinajstić information content (AvgIpc) is 3.43. The number of ketones is 1. The van der Waals surface area contributed by atoms with Gasteiger partial charge < -0.3 is 20.0 Å². The number of Topliss-reactive ketones (excluding diaryl/α,β-unsaturated/α-hetero) is 1. The van der Waals surface area contributed by atoms with E-state index < -0.39 is 12.1 Å². The number of benzene rings is 2. The summed E-state index contributed by atoms with van der Waals surface area (Å²) >= 11 is 0. The van der Waals surface area contributed by atoms with Gasteiger partial charge in [0.1, 0.15) is 12.1 Å². The van der Waals surface area contributed by atoms with Crippen LogP contribution in [0.3, 0.4) is 0 Å². The lowest BCUT2D eigenvalue weighted by atomic mass is 10.0. The summed E-state index contributed by atoms with van der Waals surface area (Å²) < 4.78 is 0. The summed E-state index contributed by atoms with van der Waals surface area (Å²) in [7, 11) is 3.85. The molecule has 0 spiro atoms. The fourth-order valence-corrected chi connectivity index (χ4v) is 5.65. The Kier molecular flexibility index (Phi) is 7.90. The number of aryl methyl sites for hydroxylation is 2. The number of nitrogens with zero attached hydrogens (tertiary/aromatic N) is 3. The predicted octanol–water partition coefficient (Wildman–Crippen LogP) is 3.21. The molecule has 2 heterocycles. The molecule has 0 bridgehead atoms. The van der Waals surface area contributed by atoms with Gasteiger partial charge in [-0.25, -0.2) is 0 Å². The van der Waals surface area contributed by atoms with E-state index in [1.165, 1.54) is 0 Å². The number of likely N-dealkylation sites (tertiary alicyclic amines) is 2. The molecule has 2 saturated heterocycles. The highest BCUT2D eigenvalue weighted by atomic mass is 16.2. The number of amides is 3. The lowest BCUT2D eigenvalue weighted by Gasteiger charge is -2.29. The zero-order chi connectivity index (χ0) is 27.7. The molecule has 202 valence electrons. The van der Waals surface area contributed by atoms with Crippen molar-refractivity contribution >= 4 is 29.2 Å². The van der Waals surface area contributed by atoms with Crippen molar-refractivity contribution in [2.75, 3.05) is 32.1 Å². The zero-order valence-electron chi connectivity index (χ0n) is 23.2. The highest BCUT2D eigenvalue weighted by Gasteiger charge is 2.52. The van der Waals surface area contributed by atoms with E-state index in [4.69, 9.17) is 0 Å². The summed E-state index contributed by atoms with van der Waals surface area (Å²) in [6.07, 6.45) is 0.987. The fourth-order valence-electron chi connectivity index (χ4n) is 5.65. The molecule has 8 heteroatoms. The van der Waals surface area contributed by atoms with E-state index in [-0.39, 0.29) is 42.0 Å². The van der Waals surface area contributed by atoms with Crippen LogP contribution in [-0.2, 0) is 9.59 Å².